The van der Waals surface area contributed by atoms with Crippen molar-refractivity contribution in [2.24, 2.45) is 0 Å². The van der Waals surface area contributed by atoms with E-state index in [9.17, 15) is 4.79 Å². The lowest BCUT2D eigenvalue weighted by Gasteiger charge is -1.97. The second-order valence-electron chi connectivity index (χ2n) is 6.46. The minimum atomic E-state index is -0.806. The van der Waals surface area contributed by atoms with Crippen LogP contribution in [0.2, 0.25) is 10.0 Å². The van der Waals surface area contributed by atoms with Gasteiger partial charge in [0, 0.05) is 29.6 Å². The number of carbonyl (C=O) groups is 1. The number of nitriles is 1. The summed E-state index contributed by atoms with van der Waals surface area (Å²) < 4.78 is 0. The number of aliphatic carboxylic acids is 1. The molecule has 2 aromatic carbocycles. The molecule has 4 rings (SSSR count). The van der Waals surface area contributed by atoms with Crippen molar-refractivity contribution in [1.82, 2.24) is 0 Å². The molecule has 0 fully saturated rings. The van der Waals surface area contributed by atoms with Gasteiger partial charge in [0.1, 0.15) is 0 Å². The van der Waals surface area contributed by atoms with Crippen molar-refractivity contribution in [2.45, 2.75) is 12.8 Å². The van der Waals surface area contributed by atoms with E-state index in [1.807, 2.05) is 72.8 Å². The van der Waals surface area contributed by atoms with Gasteiger partial charge in [-0.3, -0.25) is 4.79 Å². The maximum absolute atomic E-state index is 10.6. The Labute approximate surface area is 198 Å². The van der Waals surface area contributed by atoms with Crippen molar-refractivity contribution in [1.29, 1.82) is 5.26 Å². The van der Waals surface area contributed by atoms with Gasteiger partial charge in [0.05, 0.1) is 18.9 Å². The molecule has 156 valence electrons. The van der Waals surface area contributed by atoms with Crippen molar-refractivity contribution in [2.75, 3.05) is 0 Å². The predicted molar refractivity (Wildman–Crippen MR) is 130 cm³/mol. The molecule has 0 amide bonds. The average Bonchev–Trinajstić information content (AvgIpc) is 3.38. The van der Waals surface area contributed by atoms with Gasteiger partial charge in [0.2, 0.25) is 0 Å². The largest absolute Gasteiger partial charge is 0.481 e. The molecule has 0 unspecified atom stereocenters. The zero-order valence-electron chi connectivity index (χ0n) is 16.2. The number of halogens is 2. The highest BCUT2D eigenvalue weighted by molar-refractivity contribution is 7.15. The van der Waals surface area contributed by atoms with E-state index >= 15 is 0 Å². The van der Waals surface area contributed by atoms with Crippen LogP contribution in [0.1, 0.15) is 9.75 Å². The maximum Gasteiger partial charge on any atom is 0.308 e. The van der Waals surface area contributed by atoms with Crippen LogP contribution in [0.25, 0.3) is 20.9 Å². The van der Waals surface area contributed by atoms with Crippen LogP contribution in [-0.2, 0) is 17.6 Å². The molecule has 0 atom stereocenters. The van der Waals surface area contributed by atoms with E-state index in [1.165, 1.54) is 11.3 Å². The number of thiophene rings is 2. The van der Waals surface area contributed by atoms with Gasteiger partial charge in [-0.15, -0.1) is 22.7 Å². The third kappa shape index (κ3) is 6.95. The van der Waals surface area contributed by atoms with E-state index in [4.69, 9.17) is 33.6 Å². The predicted octanol–water partition coefficient (Wildman–Crippen LogP) is 7.83. The number of benzene rings is 2. The molecule has 1 N–H and O–H groups in total. The summed E-state index contributed by atoms with van der Waals surface area (Å²) in [7, 11) is 0. The minimum Gasteiger partial charge on any atom is -0.481 e. The van der Waals surface area contributed by atoms with E-state index in [2.05, 4.69) is 6.07 Å². The van der Waals surface area contributed by atoms with Crippen LogP contribution in [-0.4, -0.2) is 11.1 Å². The summed E-state index contributed by atoms with van der Waals surface area (Å²) in [5, 5.41) is 18.7. The zero-order chi connectivity index (χ0) is 22.2. The van der Waals surface area contributed by atoms with Crippen LogP contribution >= 0.6 is 45.9 Å². The lowest BCUT2D eigenvalue weighted by molar-refractivity contribution is -0.136. The Morgan fingerprint density at radius 1 is 0.839 bits per heavy atom. The topological polar surface area (TPSA) is 61.1 Å². The van der Waals surface area contributed by atoms with Crippen molar-refractivity contribution < 1.29 is 9.90 Å². The molecule has 0 aliphatic heterocycles. The maximum atomic E-state index is 10.6. The standard InChI is InChI=1S/C12H8ClNS.C12H9ClO2S/c13-10-3-1-2-9(8-10)12-5-4-11(15-12)6-7-14;13-9-3-1-2-8(6-9)11-5-4-10(16-11)7-12(14)15/h1-5,8H,6H2;1-6H,7H2,(H,14,15). The quantitative estimate of drug-likeness (QED) is 0.313. The first kappa shape index (κ1) is 23.1. The van der Waals surface area contributed by atoms with E-state index < -0.39 is 5.97 Å². The fraction of sp³-hybridized carbons (Fsp3) is 0.0833. The third-order valence-corrected chi connectivity index (χ3v) is 6.86. The highest BCUT2D eigenvalue weighted by atomic mass is 35.5. The fourth-order valence-corrected chi connectivity index (χ4v) is 5.08. The van der Waals surface area contributed by atoms with Gasteiger partial charge in [-0.05, 0) is 59.7 Å². The van der Waals surface area contributed by atoms with Gasteiger partial charge in [-0.25, -0.2) is 0 Å². The van der Waals surface area contributed by atoms with Crippen molar-refractivity contribution >= 4 is 51.8 Å². The smallest absolute Gasteiger partial charge is 0.308 e. The lowest BCUT2D eigenvalue weighted by Crippen LogP contribution is -1.96. The molecule has 3 nitrogen and oxygen atoms in total. The first-order valence-corrected chi connectivity index (χ1v) is 11.6. The number of rotatable bonds is 5. The molecule has 7 heteroatoms. The number of carboxylic acid groups (broad SMARTS) is 1. The molecule has 4 aromatic rings. The second-order valence-corrected chi connectivity index (χ2v) is 9.67. The molecule has 0 saturated carbocycles. The van der Waals surface area contributed by atoms with Gasteiger partial charge >= 0.3 is 5.97 Å². The Kier molecular flexibility index (Phi) is 8.27. The van der Waals surface area contributed by atoms with Crippen molar-refractivity contribution in [3.05, 3.63) is 92.6 Å². The van der Waals surface area contributed by atoms with Gasteiger partial charge in [0.15, 0.2) is 0 Å². The van der Waals surface area contributed by atoms with Crippen LogP contribution in [0.15, 0.2) is 72.8 Å². The molecule has 0 aliphatic carbocycles. The van der Waals surface area contributed by atoms with E-state index in [0.717, 1.165) is 35.7 Å². The normalized spacial score (nSPS) is 10.1. The summed E-state index contributed by atoms with van der Waals surface area (Å²) in [4.78, 5) is 14.7. The van der Waals surface area contributed by atoms with Gasteiger partial charge < -0.3 is 5.11 Å². The van der Waals surface area contributed by atoms with Crippen LogP contribution < -0.4 is 0 Å². The van der Waals surface area contributed by atoms with E-state index in [-0.39, 0.29) is 6.42 Å². The number of carboxylic acids is 1. The highest BCUT2D eigenvalue weighted by Gasteiger charge is 2.06. The second kappa shape index (κ2) is 11.1. The summed E-state index contributed by atoms with van der Waals surface area (Å²) in [6.07, 6.45) is 0.552. The van der Waals surface area contributed by atoms with E-state index in [1.54, 1.807) is 11.3 Å². The molecule has 0 aliphatic rings. The Bertz CT molecular complexity index is 1220. The highest BCUT2D eigenvalue weighted by Crippen LogP contribution is 2.30. The fourth-order valence-electron chi connectivity index (χ4n) is 2.77. The zero-order valence-corrected chi connectivity index (χ0v) is 19.4. The molecular weight excluding hydrogens is 469 g/mol. The summed E-state index contributed by atoms with van der Waals surface area (Å²) in [5.41, 5.74) is 2.13. The summed E-state index contributed by atoms with van der Waals surface area (Å²) in [6, 6.07) is 25.2. The van der Waals surface area contributed by atoms with Crippen molar-refractivity contribution in [3.8, 4) is 27.0 Å². The number of hydrogen-bond acceptors (Lipinski definition) is 4. The molecule has 0 saturated heterocycles. The Morgan fingerprint density at radius 3 is 1.84 bits per heavy atom. The molecule has 0 spiro atoms. The summed E-state index contributed by atoms with van der Waals surface area (Å²) in [6.45, 7) is 0. The first-order chi connectivity index (χ1) is 14.9. The number of nitrogens with zero attached hydrogens (tertiary/aromatic N) is 1. The first-order valence-electron chi connectivity index (χ1n) is 9.22. The molecule has 2 heterocycles. The van der Waals surface area contributed by atoms with E-state index in [0.29, 0.717) is 11.4 Å². The van der Waals surface area contributed by atoms with Crippen molar-refractivity contribution in [3.63, 3.8) is 0 Å². The van der Waals surface area contributed by atoms with Crippen LogP contribution in [0.4, 0.5) is 0 Å². The molecular formula is C24H17Cl2NO2S2. The Hall–Kier alpha value is -2.62. The lowest BCUT2D eigenvalue weighted by atomic mass is 10.2. The summed E-state index contributed by atoms with van der Waals surface area (Å²) in [5.74, 6) is -0.806. The third-order valence-electron chi connectivity index (χ3n) is 4.12. The average molecular weight is 486 g/mol. The molecule has 0 bridgehead atoms. The molecule has 31 heavy (non-hydrogen) atoms. The van der Waals surface area contributed by atoms with Gasteiger partial charge in [-0.2, -0.15) is 5.26 Å². The molecule has 2 aromatic heterocycles. The SMILES string of the molecule is N#CCc1ccc(-c2cccc(Cl)c2)s1.O=C(O)Cc1ccc(-c2cccc(Cl)c2)s1. The Balaban J connectivity index is 0.000000176. The minimum absolute atomic E-state index is 0.0746. The Morgan fingerprint density at radius 2 is 1.35 bits per heavy atom. The van der Waals surface area contributed by atoms with Crippen LogP contribution in [0.3, 0.4) is 0 Å². The van der Waals surface area contributed by atoms with Crippen LogP contribution in [0, 0.1) is 11.3 Å². The van der Waals surface area contributed by atoms with Crippen LogP contribution in [0.5, 0.6) is 0 Å². The number of hydrogen-bond donors (Lipinski definition) is 1. The monoisotopic (exact) mass is 485 g/mol. The molecule has 0 radical (unpaired) electrons. The van der Waals surface area contributed by atoms with Gasteiger partial charge in [0.25, 0.3) is 0 Å². The van der Waals surface area contributed by atoms with Gasteiger partial charge in [-0.1, -0.05) is 47.5 Å². The summed E-state index contributed by atoms with van der Waals surface area (Å²) >= 11 is 14.9.